The molecule has 1 saturated heterocycles. The smallest absolute Gasteiger partial charge is 0.870 e. The van der Waals surface area contributed by atoms with Crippen molar-refractivity contribution < 1.29 is 127 Å². The summed E-state index contributed by atoms with van der Waals surface area (Å²) in [6.07, 6.45) is 16.3. The molecule has 12 aromatic rings. The van der Waals surface area contributed by atoms with E-state index in [9.17, 15) is 33.6 Å². The van der Waals surface area contributed by atoms with E-state index in [-0.39, 0.29) is 134 Å². The number of ether oxygens (including phenoxy) is 3. The molecule has 0 spiro atoms. The number of allylic oxidation sites excluding steroid dienone is 3. The Kier molecular flexibility index (Phi) is 62.9. The molecule has 0 unspecified atom stereocenters. The van der Waals surface area contributed by atoms with Crippen LogP contribution in [0.1, 0.15) is 113 Å². The monoisotopic (exact) mass is 1980 g/mol. The van der Waals surface area contributed by atoms with Crippen molar-refractivity contribution >= 4 is 213 Å². The zero-order chi connectivity index (χ0) is 89.6. The van der Waals surface area contributed by atoms with Gasteiger partial charge in [0.25, 0.3) is 5.91 Å². The number of likely N-dealkylation sites (tertiary alicyclic amines) is 1. The fourth-order valence-corrected chi connectivity index (χ4v) is 12.9. The maximum Gasteiger partial charge on any atom is 1.00 e. The first-order valence-electron chi connectivity index (χ1n) is 36.6. The zero-order valence-electron chi connectivity index (χ0n) is 70.1. The molecule has 8 N–H and O–H groups in total. The van der Waals surface area contributed by atoms with Crippen molar-refractivity contribution in [2.75, 3.05) is 94.0 Å². The normalized spacial score (nSPS) is 10.4. The second-order valence-electron chi connectivity index (χ2n) is 24.9. The van der Waals surface area contributed by atoms with Crippen LogP contribution in [0.3, 0.4) is 0 Å². The van der Waals surface area contributed by atoms with Crippen LogP contribution in [0, 0.1) is 0 Å². The number of alkyl halides is 2. The molecule has 8 heterocycles. The number of hydrogen-bond donors (Lipinski definition) is 6. The summed E-state index contributed by atoms with van der Waals surface area (Å²) in [5.74, 6) is -3.51. The van der Waals surface area contributed by atoms with Crippen LogP contribution in [0.5, 0.6) is 0 Å². The van der Waals surface area contributed by atoms with E-state index in [4.69, 9.17) is 108 Å². The predicted octanol–water partition coefficient (Wildman–Crippen LogP) is 14.5. The number of rotatable bonds is 19. The Hall–Kier alpha value is -8.93. The third-order valence-electron chi connectivity index (χ3n) is 16.5. The number of aliphatic carboxylic acids is 1. The molecule has 14 rings (SSSR count). The number of hydrogen-bond acceptors (Lipinski definition) is 23. The number of thiocarbonyl (C=S) groups is 1. The number of nitrogens with two attached hydrogens (primary N) is 1. The van der Waals surface area contributed by atoms with E-state index in [0.717, 1.165) is 117 Å². The van der Waals surface area contributed by atoms with Gasteiger partial charge < -0.3 is 84.9 Å². The van der Waals surface area contributed by atoms with Crippen LogP contribution < -0.4 is 89.6 Å². The molecule has 1 aliphatic carbocycles. The zero-order valence-corrected chi connectivity index (χ0v) is 83.1. The minimum atomic E-state index is -1.72. The summed E-state index contributed by atoms with van der Waals surface area (Å²) < 4.78 is 13.6. The Morgan fingerprint density at radius 3 is 1.19 bits per heavy atom. The van der Waals surface area contributed by atoms with Gasteiger partial charge in [-0.2, -0.15) is 0 Å². The average Bonchev–Trinajstić information content (AvgIpc) is 1.66. The second-order valence-corrected chi connectivity index (χ2v) is 35.2. The first-order chi connectivity index (χ1) is 58.5. The third kappa shape index (κ3) is 42.8. The fraction of sp³-hybridized carbons (Fsp3) is 0.227. The maximum atomic E-state index is 12.5. The number of aromatic amines is 4. The molecule has 0 atom stereocenters. The SMILES string of the molecule is C.C.C.CC(=O)[O-].CCc1ccccc1.CN(C(N)=S)c1ccccc1.CN(c1ccccc1)c1nc(-c2c[nH]c(C(=O)N3CCCC3)c2)cs1.CN(c1ccccc1)c1nc(-c2c[nH]c(C(=O)O)c2)cs1.COC(=O)C1=CC=CC1.COC(=O)c1cc(-c2csc(N(C)c3ccccc3)n2)c[nH]1.COC(=O)c1cc(C(=O)CCl)c[nH]1.O=C(Cl)CCl.[Cl][Al]([Cl])[Cl].[Na+].[Na+].[OH-]. The van der Waals surface area contributed by atoms with Gasteiger partial charge >= 0.3 is 94.4 Å². The largest absolute Gasteiger partial charge is 1.00 e. The number of nitrogens with one attached hydrogen (secondary N) is 4. The second kappa shape index (κ2) is 66.4. The number of ketones is 1. The molecule has 1 amide bonds. The number of methoxy groups -OCH3 is 3. The number of para-hydroxylation sites is 4. The van der Waals surface area contributed by atoms with Gasteiger partial charge in [0, 0.05) is 139 Å². The summed E-state index contributed by atoms with van der Waals surface area (Å²) in [6, 6.07) is 57.0. The van der Waals surface area contributed by atoms with Gasteiger partial charge in [-0.1, -0.05) is 151 Å². The number of benzene rings is 5. The van der Waals surface area contributed by atoms with Gasteiger partial charge in [0.15, 0.2) is 26.3 Å². The van der Waals surface area contributed by atoms with E-state index in [1.165, 1.54) is 50.5 Å². The molecule has 0 saturated carbocycles. The molecule has 2 aliphatic rings. The standard InChI is InChI=1S/C19H20N4OS.C16H15N3O2S.C15H13N3O2S.C8H8ClNO3.C8H10N2S.C8H10.C7H8O2.C2H2Cl2O.C2H4O2.3CH4.Al.3ClH.2Na.H2O/c1-22(15-7-3-2-4-8-15)19-21-17(13-25-19)14-11-16(20-12-14)18(24)23-9-5-6-10-23;1-19(12-6-4-3-5-7-12)16-18-14(10-22-16)11-8-13(17-9-11)15(20)21-2;1-18(11-5-3-2-4-6-11)15-17-13(9-21-15)10-7-12(14(19)20)16-8-10;1-13-8(12)6-2-5(4-10-6)7(11)3-9;1-10(8(9)11)7-5-3-2-4-6-7;1-2-8-6-4-3-5-7-8;1-9-7(8)6-4-2-3-5-6;3-1-2(4)5;1-2(3)4;;;;;;;;;;/h2-4,7-8,11-13,20H,5-6,9-10H2,1H3;3-10,17H,1-2H3;2-9,16H,1H3,(H,19,20);2,4,10H,3H2,1H3;2-6H,1H3,(H2,9,11);3-7H,2H2,1H3;2-4H,5H2,1H3;1H2;1H3,(H,3,4);3*1H4;;3*1H;;;1H2/q;;;;;;;;;;;;+3;;;;2*+1;/p-5. The number of carboxylic acids is 2. The molecule has 1 aliphatic heterocycles. The molecule has 7 aromatic heterocycles. The van der Waals surface area contributed by atoms with Crippen molar-refractivity contribution in [2.45, 2.75) is 61.8 Å². The number of nitrogens with zero attached hydrogens (tertiary/aromatic N) is 8. The van der Waals surface area contributed by atoms with E-state index < -0.39 is 34.5 Å². The average molecular weight is 1980 g/mol. The van der Waals surface area contributed by atoms with Crippen molar-refractivity contribution in [2.24, 2.45) is 5.73 Å². The Morgan fingerprint density at radius 1 is 0.547 bits per heavy atom. The maximum absolute atomic E-state index is 12.5. The molecular formula is C88H102AlCl6N13Na2O14S4. The number of amides is 1. The summed E-state index contributed by atoms with van der Waals surface area (Å²) in [6.45, 7) is 4.85. The Morgan fingerprint density at radius 2 is 0.875 bits per heavy atom. The molecule has 128 heavy (non-hydrogen) atoms. The van der Waals surface area contributed by atoms with Crippen LogP contribution in [-0.4, -0.2) is 188 Å². The summed E-state index contributed by atoms with van der Waals surface area (Å²) >= 11 is 22.6. The Bertz CT molecular complexity index is 5270. The number of aromatic nitrogens is 7. The number of anilines is 7. The molecule has 0 radical (unpaired) electrons. The Balaban J connectivity index is 0. The summed E-state index contributed by atoms with van der Waals surface area (Å²) in [7, 11) is 26.6. The van der Waals surface area contributed by atoms with Gasteiger partial charge in [0.1, 0.15) is 22.8 Å². The number of esters is 3. The van der Waals surface area contributed by atoms with E-state index in [1.54, 1.807) is 58.2 Å². The van der Waals surface area contributed by atoms with Crippen molar-refractivity contribution in [3.05, 3.63) is 275 Å². The minimum absolute atomic E-state index is 0. The molecule has 1 fully saturated rings. The number of carbonyl (C=O) groups excluding carboxylic acids is 7. The number of Topliss-reactive ketones (excluding diaryl/α,β-unsaturated/α-hetero) is 1. The van der Waals surface area contributed by atoms with Gasteiger partial charge in [-0.3, -0.25) is 14.4 Å². The van der Waals surface area contributed by atoms with Crippen molar-refractivity contribution in [3.63, 3.8) is 0 Å². The minimum Gasteiger partial charge on any atom is -0.870 e. The number of carboxylic acid groups (broad SMARTS) is 2. The first-order valence-corrected chi connectivity index (χ1v) is 46.4. The van der Waals surface area contributed by atoms with Crippen LogP contribution in [0.4, 0.5) is 38.1 Å². The number of aryl methyl sites for hydroxylation is 1. The van der Waals surface area contributed by atoms with Crippen molar-refractivity contribution in [1.82, 2.24) is 39.8 Å². The van der Waals surface area contributed by atoms with Crippen LogP contribution >= 0.6 is 111 Å². The number of thiazole rings is 3. The molecule has 5 aromatic carbocycles. The van der Waals surface area contributed by atoms with Crippen LogP contribution in [0.15, 0.2) is 241 Å². The summed E-state index contributed by atoms with van der Waals surface area (Å²) in [5, 5.41) is 26.3. The molecule has 27 nitrogen and oxygen atoms in total. The molecule has 0 bridgehead atoms. The quantitative estimate of drug-likeness (QED) is 0.00833. The molecule has 674 valence electrons. The molecular weight excluding hydrogens is 1880 g/mol. The van der Waals surface area contributed by atoms with E-state index in [2.05, 4.69) is 87.6 Å². The molecule has 40 heteroatoms. The number of halogens is 6. The van der Waals surface area contributed by atoms with Gasteiger partial charge in [-0.05, 0) is 135 Å². The van der Waals surface area contributed by atoms with Gasteiger partial charge in [0.2, 0.25) is 5.24 Å². The fourth-order valence-electron chi connectivity index (χ4n) is 10.2. The van der Waals surface area contributed by atoms with Crippen LogP contribution in [0.2, 0.25) is 0 Å². The summed E-state index contributed by atoms with van der Waals surface area (Å²) in [4.78, 5) is 121. The number of aromatic carboxylic acids is 1. The van der Waals surface area contributed by atoms with Crippen LogP contribution in [0.25, 0.3) is 33.8 Å². The van der Waals surface area contributed by atoms with E-state index in [1.807, 2.05) is 199 Å². The van der Waals surface area contributed by atoms with Gasteiger partial charge in [-0.25, -0.2) is 64.3 Å². The van der Waals surface area contributed by atoms with Crippen molar-refractivity contribution in [3.8, 4) is 33.8 Å². The number of carbonyl (C=O) groups is 8. The number of H-pyrrole nitrogens is 4. The van der Waals surface area contributed by atoms with E-state index in [0.29, 0.717) is 28.5 Å². The predicted molar refractivity (Wildman–Crippen MR) is 519 cm³/mol. The van der Waals surface area contributed by atoms with Crippen LogP contribution in [-0.2, 0) is 35.0 Å². The van der Waals surface area contributed by atoms with Gasteiger partial charge in [0.05, 0.1) is 50.2 Å². The Labute approximate surface area is 840 Å². The van der Waals surface area contributed by atoms with Gasteiger partial charge in [-0.15, -0.1) is 57.2 Å². The third-order valence-corrected chi connectivity index (χ3v) is 20.3. The van der Waals surface area contributed by atoms with E-state index >= 15 is 0 Å². The van der Waals surface area contributed by atoms with Crippen molar-refractivity contribution in [1.29, 1.82) is 0 Å². The first kappa shape index (κ1) is 121. The summed E-state index contributed by atoms with van der Waals surface area (Å²) in [5.41, 5.74) is 18.7. The topological polar surface area (TPSA) is 382 Å².